The molecule has 0 unspecified atom stereocenters. The number of hydrogen-bond donors (Lipinski definition) is 1. The van der Waals surface area contributed by atoms with Crippen LogP contribution in [0.15, 0.2) is 22.2 Å². The Morgan fingerprint density at radius 1 is 1.43 bits per heavy atom. The zero-order valence-electron chi connectivity index (χ0n) is 11.4. The van der Waals surface area contributed by atoms with Gasteiger partial charge in [0.05, 0.1) is 22.3 Å². The molecule has 3 aromatic heterocycles. The van der Waals surface area contributed by atoms with E-state index in [0.717, 1.165) is 10.6 Å². The van der Waals surface area contributed by atoms with Gasteiger partial charge in [0, 0.05) is 11.5 Å². The lowest BCUT2D eigenvalue weighted by atomic mass is 10.1. The van der Waals surface area contributed by atoms with Crippen LogP contribution in [-0.2, 0) is 6.61 Å². The van der Waals surface area contributed by atoms with Crippen molar-refractivity contribution in [1.82, 2.24) is 9.97 Å². The molecule has 0 fully saturated rings. The quantitative estimate of drug-likeness (QED) is 0.796. The van der Waals surface area contributed by atoms with Gasteiger partial charge in [-0.1, -0.05) is 0 Å². The number of ether oxygens (including phenoxy) is 1. The Hall–Kier alpha value is -2.41. The fourth-order valence-corrected chi connectivity index (χ4v) is 2.74. The zero-order chi connectivity index (χ0) is 15.0. The number of aryl methyl sites for hydroxylation is 2. The molecule has 3 aromatic rings. The normalized spacial score (nSPS) is 11.0. The Labute approximate surface area is 124 Å². The van der Waals surface area contributed by atoms with Gasteiger partial charge in [0.2, 0.25) is 5.88 Å². The van der Waals surface area contributed by atoms with Crippen LogP contribution in [-0.4, -0.2) is 21.0 Å². The van der Waals surface area contributed by atoms with E-state index in [0.29, 0.717) is 29.2 Å². The van der Waals surface area contributed by atoms with Crippen LogP contribution in [0.2, 0.25) is 0 Å². The first-order valence-electron chi connectivity index (χ1n) is 6.20. The first-order valence-corrected chi connectivity index (χ1v) is 7.08. The maximum absolute atomic E-state index is 11.3. The highest BCUT2D eigenvalue weighted by Crippen LogP contribution is 2.28. The lowest BCUT2D eigenvalue weighted by molar-refractivity contribution is 0.0697. The molecule has 0 bridgehead atoms. The van der Waals surface area contributed by atoms with Crippen molar-refractivity contribution in [2.24, 2.45) is 0 Å². The Kier molecular flexibility index (Phi) is 3.34. The molecular formula is C14H12N2O4S. The van der Waals surface area contributed by atoms with Crippen molar-refractivity contribution in [3.63, 3.8) is 0 Å². The SMILES string of the molecule is Cc1ncsc1COc1cc2c(C(=O)O)c(C)oc2cn1. The number of carbonyl (C=O) groups is 1. The lowest BCUT2D eigenvalue weighted by Gasteiger charge is -2.04. The van der Waals surface area contributed by atoms with Crippen LogP contribution in [0.3, 0.4) is 0 Å². The third kappa shape index (κ3) is 2.47. The summed E-state index contributed by atoms with van der Waals surface area (Å²) in [4.78, 5) is 20.6. The number of furan rings is 1. The molecule has 0 aliphatic carbocycles. The number of carboxylic acids is 1. The Morgan fingerprint density at radius 2 is 2.24 bits per heavy atom. The molecule has 7 heteroatoms. The van der Waals surface area contributed by atoms with E-state index in [4.69, 9.17) is 9.15 Å². The predicted molar refractivity (Wildman–Crippen MR) is 76.9 cm³/mol. The van der Waals surface area contributed by atoms with E-state index in [1.807, 2.05) is 6.92 Å². The highest BCUT2D eigenvalue weighted by Gasteiger charge is 2.18. The number of carboxylic acid groups (broad SMARTS) is 1. The molecule has 0 radical (unpaired) electrons. The number of fused-ring (bicyclic) bond motifs is 1. The number of rotatable bonds is 4. The molecule has 0 saturated heterocycles. The highest BCUT2D eigenvalue weighted by molar-refractivity contribution is 7.09. The number of pyridine rings is 1. The van der Waals surface area contributed by atoms with Crippen LogP contribution >= 0.6 is 11.3 Å². The van der Waals surface area contributed by atoms with E-state index in [2.05, 4.69) is 9.97 Å². The van der Waals surface area contributed by atoms with E-state index >= 15 is 0 Å². The van der Waals surface area contributed by atoms with Crippen LogP contribution in [0.25, 0.3) is 11.0 Å². The number of nitrogens with zero attached hydrogens (tertiary/aromatic N) is 2. The summed E-state index contributed by atoms with van der Waals surface area (Å²) in [6.45, 7) is 3.88. The van der Waals surface area contributed by atoms with Gasteiger partial charge in [-0.25, -0.2) is 14.8 Å². The van der Waals surface area contributed by atoms with Crippen molar-refractivity contribution in [2.45, 2.75) is 20.5 Å². The Balaban J connectivity index is 1.91. The zero-order valence-corrected chi connectivity index (χ0v) is 12.2. The maximum atomic E-state index is 11.3. The number of aromatic carboxylic acids is 1. The van der Waals surface area contributed by atoms with Gasteiger partial charge in [0.25, 0.3) is 0 Å². The molecule has 3 heterocycles. The van der Waals surface area contributed by atoms with Gasteiger partial charge >= 0.3 is 5.97 Å². The summed E-state index contributed by atoms with van der Waals surface area (Å²) < 4.78 is 11.0. The summed E-state index contributed by atoms with van der Waals surface area (Å²) in [5.41, 5.74) is 3.26. The van der Waals surface area contributed by atoms with Gasteiger partial charge in [-0.3, -0.25) is 0 Å². The first kappa shape index (κ1) is 13.6. The molecule has 21 heavy (non-hydrogen) atoms. The maximum Gasteiger partial charge on any atom is 0.339 e. The highest BCUT2D eigenvalue weighted by atomic mass is 32.1. The second kappa shape index (κ2) is 5.17. The molecule has 0 aliphatic heterocycles. The average Bonchev–Trinajstić information content (AvgIpc) is 2.98. The van der Waals surface area contributed by atoms with Crippen LogP contribution < -0.4 is 4.74 Å². The molecule has 0 amide bonds. The number of hydrogen-bond acceptors (Lipinski definition) is 6. The van der Waals surface area contributed by atoms with E-state index in [1.165, 1.54) is 17.5 Å². The summed E-state index contributed by atoms with van der Waals surface area (Å²) in [5.74, 6) is -0.310. The van der Waals surface area contributed by atoms with Crippen molar-refractivity contribution in [2.75, 3.05) is 0 Å². The summed E-state index contributed by atoms with van der Waals surface area (Å²) >= 11 is 1.51. The summed E-state index contributed by atoms with van der Waals surface area (Å²) in [6.07, 6.45) is 1.48. The summed E-state index contributed by atoms with van der Waals surface area (Å²) in [5, 5.41) is 9.72. The van der Waals surface area contributed by atoms with Crippen molar-refractivity contribution < 1.29 is 19.1 Å². The monoisotopic (exact) mass is 304 g/mol. The van der Waals surface area contributed by atoms with Crippen molar-refractivity contribution >= 4 is 28.3 Å². The van der Waals surface area contributed by atoms with Crippen LogP contribution in [0.1, 0.15) is 26.7 Å². The fraction of sp³-hybridized carbons (Fsp3) is 0.214. The van der Waals surface area contributed by atoms with Gasteiger partial charge < -0.3 is 14.3 Å². The predicted octanol–water partition coefficient (Wildman–Crippen LogP) is 3.18. The van der Waals surface area contributed by atoms with Gasteiger partial charge in [-0.2, -0.15) is 0 Å². The van der Waals surface area contributed by atoms with Gasteiger partial charge in [-0.15, -0.1) is 11.3 Å². The van der Waals surface area contributed by atoms with Gasteiger partial charge in [-0.05, 0) is 13.8 Å². The molecule has 1 N–H and O–H groups in total. The smallest absolute Gasteiger partial charge is 0.339 e. The average molecular weight is 304 g/mol. The van der Waals surface area contributed by atoms with E-state index in [9.17, 15) is 9.90 Å². The second-order valence-electron chi connectivity index (χ2n) is 4.51. The van der Waals surface area contributed by atoms with Crippen molar-refractivity contribution in [3.8, 4) is 5.88 Å². The Morgan fingerprint density at radius 3 is 2.90 bits per heavy atom. The van der Waals surface area contributed by atoms with Crippen LogP contribution in [0, 0.1) is 13.8 Å². The molecular weight excluding hydrogens is 292 g/mol. The molecule has 108 valence electrons. The molecule has 0 spiro atoms. The van der Waals surface area contributed by atoms with E-state index < -0.39 is 5.97 Å². The minimum Gasteiger partial charge on any atom is -0.478 e. The van der Waals surface area contributed by atoms with Crippen LogP contribution in [0.5, 0.6) is 5.88 Å². The van der Waals surface area contributed by atoms with Gasteiger partial charge in [0.15, 0.2) is 5.58 Å². The molecule has 0 aliphatic rings. The molecule has 0 atom stereocenters. The standard InChI is InChI=1S/C14H12N2O4S/c1-7-11(21-6-16-7)5-19-12-3-9-10(4-15-12)20-8(2)13(9)14(17)18/h3-4,6H,5H2,1-2H3,(H,17,18). The molecule has 0 aromatic carbocycles. The number of thiazole rings is 1. The van der Waals surface area contributed by atoms with Gasteiger partial charge in [0.1, 0.15) is 17.9 Å². The summed E-state index contributed by atoms with van der Waals surface area (Å²) in [6, 6.07) is 1.59. The fourth-order valence-electron chi connectivity index (χ4n) is 2.05. The first-order chi connectivity index (χ1) is 10.1. The minimum atomic E-state index is -1.03. The second-order valence-corrected chi connectivity index (χ2v) is 5.45. The molecule has 0 saturated carbocycles. The number of aromatic nitrogens is 2. The lowest BCUT2D eigenvalue weighted by Crippen LogP contribution is -1.99. The van der Waals surface area contributed by atoms with E-state index in [1.54, 1.807) is 18.5 Å². The van der Waals surface area contributed by atoms with Crippen molar-refractivity contribution in [1.29, 1.82) is 0 Å². The minimum absolute atomic E-state index is 0.145. The Bertz CT molecular complexity index is 822. The van der Waals surface area contributed by atoms with Crippen molar-refractivity contribution in [3.05, 3.63) is 39.7 Å². The molecule has 6 nitrogen and oxygen atoms in total. The third-order valence-corrected chi connectivity index (χ3v) is 4.05. The van der Waals surface area contributed by atoms with Crippen LogP contribution in [0.4, 0.5) is 0 Å². The largest absolute Gasteiger partial charge is 0.478 e. The topological polar surface area (TPSA) is 85.5 Å². The summed E-state index contributed by atoms with van der Waals surface area (Å²) in [7, 11) is 0. The molecule has 3 rings (SSSR count). The third-order valence-electron chi connectivity index (χ3n) is 3.14. The van der Waals surface area contributed by atoms with E-state index in [-0.39, 0.29) is 5.56 Å².